The minimum atomic E-state index is -3.41. The molecule has 0 spiro atoms. The summed E-state index contributed by atoms with van der Waals surface area (Å²) in [7, 11) is -3.41. The predicted octanol–water partition coefficient (Wildman–Crippen LogP) is 2.29. The van der Waals surface area contributed by atoms with Crippen LogP contribution < -0.4 is 9.62 Å². The summed E-state index contributed by atoms with van der Waals surface area (Å²) in [6.45, 7) is 3.28. The van der Waals surface area contributed by atoms with Crippen molar-refractivity contribution in [2.24, 2.45) is 0 Å². The molecule has 1 saturated carbocycles. The van der Waals surface area contributed by atoms with Crippen molar-refractivity contribution in [2.45, 2.75) is 70.1 Å². The van der Waals surface area contributed by atoms with Gasteiger partial charge < -0.3 is 10.1 Å². The SMILES string of the molecule is CC(OC(=O)c1ccc2c(c1)CC(C)N2S(C)(=O)=O)C(=O)NC1(C#N)CCCCC1. The number of hydrogen-bond donors (Lipinski definition) is 1. The van der Waals surface area contributed by atoms with E-state index in [0.717, 1.165) is 31.1 Å². The van der Waals surface area contributed by atoms with Gasteiger partial charge in [-0.25, -0.2) is 13.2 Å². The largest absolute Gasteiger partial charge is 0.449 e. The van der Waals surface area contributed by atoms with Crippen LogP contribution in [0.2, 0.25) is 0 Å². The summed E-state index contributed by atoms with van der Waals surface area (Å²) in [4.78, 5) is 25.1. The van der Waals surface area contributed by atoms with Crippen molar-refractivity contribution in [2.75, 3.05) is 10.6 Å². The van der Waals surface area contributed by atoms with Gasteiger partial charge in [0.15, 0.2) is 6.10 Å². The average molecular weight is 434 g/mol. The van der Waals surface area contributed by atoms with Crippen LogP contribution in [-0.2, 0) is 26.0 Å². The number of sulfonamides is 1. The molecule has 0 radical (unpaired) electrons. The number of carbonyl (C=O) groups is 2. The highest BCUT2D eigenvalue weighted by atomic mass is 32.2. The van der Waals surface area contributed by atoms with Crippen molar-refractivity contribution in [3.05, 3.63) is 29.3 Å². The number of fused-ring (bicyclic) bond motifs is 1. The van der Waals surface area contributed by atoms with Gasteiger partial charge in [-0.3, -0.25) is 9.10 Å². The Kier molecular flexibility index (Phi) is 6.09. The predicted molar refractivity (Wildman–Crippen MR) is 111 cm³/mol. The molecule has 9 heteroatoms. The normalized spacial score (nSPS) is 21.3. The molecule has 0 bridgehead atoms. The quantitative estimate of drug-likeness (QED) is 0.712. The first-order valence-electron chi connectivity index (χ1n) is 10.1. The van der Waals surface area contributed by atoms with E-state index >= 15 is 0 Å². The summed E-state index contributed by atoms with van der Waals surface area (Å²) >= 11 is 0. The molecule has 3 rings (SSSR count). The maximum atomic E-state index is 12.6. The van der Waals surface area contributed by atoms with E-state index in [1.807, 2.05) is 6.92 Å². The van der Waals surface area contributed by atoms with Crippen LogP contribution in [0.5, 0.6) is 0 Å². The minimum Gasteiger partial charge on any atom is -0.449 e. The van der Waals surface area contributed by atoms with Crippen LogP contribution in [0, 0.1) is 11.3 Å². The van der Waals surface area contributed by atoms with Crippen LogP contribution in [0.4, 0.5) is 5.69 Å². The standard InChI is InChI=1S/C21H27N3O5S/c1-14-11-17-12-16(7-8-18(17)24(14)30(3,27)28)20(26)29-15(2)19(25)23-21(13-22)9-5-4-6-10-21/h7-8,12,14-15H,4-6,9-11H2,1-3H3,(H,23,25). The maximum Gasteiger partial charge on any atom is 0.338 e. The number of hydrogen-bond acceptors (Lipinski definition) is 6. The Labute approximate surface area is 177 Å². The third kappa shape index (κ3) is 4.43. The molecule has 2 aliphatic rings. The Morgan fingerprint density at radius 3 is 2.57 bits per heavy atom. The van der Waals surface area contributed by atoms with E-state index in [0.29, 0.717) is 24.9 Å². The monoisotopic (exact) mass is 433 g/mol. The average Bonchev–Trinajstić information content (AvgIpc) is 3.03. The molecule has 1 aliphatic carbocycles. The Hall–Kier alpha value is -2.60. The second-order valence-corrected chi connectivity index (χ2v) is 10.1. The van der Waals surface area contributed by atoms with Crippen LogP contribution in [0.1, 0.15) is 61.9 Å². The highest BCUT2D eigenvalue weighted by molar-refractivity contribution is 7.92. The Morgan fingerprint density at radius 2 is 1.97 bits per heavy atom. The third-order valence-corrected chi connectivity index (χ3v) is 7.03. The van der Waals surface area contributed by atoms with Gasteiger partial charge in [-0.2, -0.15) is 5.26 Å². The molecule has 1 N–H and O–H groups in total. The molecule has 1 aliphatic heterocycles. The second kappa shape index (κ2) is 8.26. The number of rotatable bonds is 5. The van der Waals surface area contributed by atoms with Crippen LogP contribution in [0.25, 0.3) is 0 Å². The highest BCUT2D eigenvalue weighted by Crippen LogP contribution is 2.35. The molecule has 8 nitrogen and oxygen atoms in total. The number of nitrogens with zero attached hydrogens (tertiary/aromatic N) is 2. The van der Waals surface area contributed by atoms with Gasteiger partial charge in [0.25, 0.3) is 5.91 Å². The van der Waals surface area contributed by atoms with Crippen molar-refractivity contribution in [1.29, 1.82) is 5.26 Å². The zero-order valence-electron chi connectivity index (χ0n) is 17.5. The molecule has 2 atom stereocenters. The zero-order chi connectivity index (χ0) is 22.1. The van der Waals surface area contributed by atoms with E-state index < -0.39 is 33.5 Å². The summed E-state index contributed by atoms with van der Waals surface area (Å²) in [6, 6.07) is 6.68. The van der Waals surface area contributed by atoms with E-state index in [4.69, 9.17) is 4.74 Å². The fourth-order valence-corrected chi connectivity index (χ4v) is 5.54. The van der Waals surface area contributed by atoms with E-state index in [1.54, 1.807) is 12.1 Å². The van der Waals surface area contributed by atoms with Crippen molar-refractivity contribution in [3.8, 4) is 6.07 Å². The molecule has 0 aromatic heterocycles. The van der Waals surface area contributed by atoms with Crippen LogP contribution in [-0.4, -0.2) is 44.2 Å². The van der Waals surface area contributed by atoms with Gasteiger partial charge in [-0.15, -0.1) is 0 Å². The molecule has 1 aromatic rings. The maximum absolute atomic E-state index is 12.6. The highest BCUT2D eigenvalue weighted by Gasteiger charge is 2.36. The van der Waals surface area contributed by atoms with Gasteiger partial charge in [-0.05, 0) is 56.9 Å². The Balaban J connectivity index is 1.69. The van der Waals surface area contributed by atoms with Gasteiger partial charge in [0, 0.05) is 6.04 Å². The van der Waals surface area contributed by atoms with Gasteiger partial charge in [0.2, 0.25) is 10.0 Å². The molecule has 0 saturated heterocycles. The first kappa shape index (κ1) is 22.1. The molecule has 1 amide bonds. The van der Waals surface area contributed by atoms with Gasteiger partial charge >= 0.3 is 5.97 Å². The summed E-state index contributed by atoms with van der Waals surface area (Å²) in [5.41, 5.74) is 0.656. The molecule has 1 heterocycles. The molecule has 30 heavy (non-hydrogen) atoms. The summed E-state index contributed by atoms with van der Waals surface area (Å²) in [5, 5.41) is 12.3. The first-order chi connectivity index (χ1) is 14.1. The molecule has 1 aromatic carbocycles. The second-order valence-electron chi connectivity index (χ2n) is 8.25. The lowest BCUT2D eigenvalue weighted by atomic mass is 9.83. The van der Waals surface area contributed by atoms with Crippen molar-refractivity contribution < 1.29 is 22.7 Å². The Bertz CT molecular complexity index is 992. The van der Waals surface area contributed by atoms with E-state index in [-0.39, 0.29) is 11.6 Å². The number of anilines is 1. The zero-order valence-corrected chi connectivity index (χ0v) is 18.3. The molecular weight excluding hydrogens is 406 g/mol. The fraction of sp³-hybridized carbons (Fsp3) is 0.571. The number of nitrogens with one attached hydrogen (secondary N) is 1. The van der Waals surface area contributed by atoms with E-state index in [1.165, 1.54) is 17.3 Å². The smallest absolute Gasteiger partial charge is 0.338 e. The molecule has 1 fully saturated rings. The van der Waals surface area contributed by atoms with E-state index in [2.05, 4.69) is 11.4 Å². The lowest BCUT2D eigenvalue weighted by molar-refractivity contribution is -0.130. The van der Waals surface area contributed by atoms with Crippen molar-refractivity contribution in [3.63, 3.8) is 0 Å². The number of ether oxygens (including phenoxy) is 1. The van der Waals surface area contributed by atoms with Crippen molar-refractivity contribution >= 4 is 27.6 Å². The fourth-order valence-electron chi connectivity index (χ4n) is 4.27. The number of benzene rings is 1. The number of carbonyl (C=O) groups excluding carboxylic acids is 2. The van der Waals surface area contributed by atoms with Gasteiger partial charge in [0.05, 0.1) is 23.6 Å². The number of esters is 1. The van der Waals surface area contributed by atoms with E-state index in [9.17, 15) is 23.3 Å². The van der Waals surface area contributed by atoms with Gasteiger partial charge in [0.1, 0.15) is 5.54 Å². The van der Waals surface area contributed by atoms with Crippen LogP contribution in [0.3, 0.4) is 0 Å². The Morgan fingerprint density at radius 1 is 1.30 bits per heavy atom. The summed E-state index contributed by atoms with van der Waals surface area (Å²) in [6.07, 6.45) is 4.57. The topological polar surface area (TPSA) is 117 Å². The van der Waals surface area contributed by atoms with Crippen LogP contribution >= 0.6 is 0 Å². The lowest BCUT2D eigenvalue weighted by Gasteiger charge is -2.32. The van der Waals surface area contributed by atoms with Crippen molar-refractivity contribution in [1.82, 2.24) is 5.32 Å². The minimum absolute atomic E-state index is 0.233. The first-order valence-corrected chi connectivity index (χ1v) is 12.0. The number of nitriles is 1. The number of amides is 1. The molecule has 2 unspecified atom stereocenters. The lowest BCUT2D eigenvalue weighted by Crippen LogP contribution is -2.52. The third-order valence-electron chi connectivity index (χ3n) is 5.76. The molecular formula is C21H27N3O5S. The van der Waals surface area contributed by atoms with Crippen LogP contribution in [0.15, 0.2) is 18.2 Å². The summed E-state index contributed by atoms with van der Waals surface area (Å²) in [5.74, 6) is -1.16. The van der Waals surface area contributed by atoms with Gasteiger partial charge in [-0.1, -0.05) is 19.3 Å². The molecule has 162 valence electrons. The summed E-state index contributed by atoms with van der Waals surface area (Å²) < 4.78 is 30.7.